The van der Waals surface area contributed by atoms with Crippen molar-refractivity contribution in [3.05, 3.63) is 101 Å². The van der Waals surface area contributed by atoms with Gasteiger partial charge in [0.2, 0.25) is 0 Å². The van der Waals surface area contributed by atoms with Crippen molar-refractivity contribution in [3.63, 3.8) is 0 Å². The van der Waals surface area contributed by atoms with Gasteiger partial charge in [0.25, 0.3) is 5.91 Å². The summed E-state index contributed by atoms with van der Waals surface area (Å²) in [5.74, 6) is 0.599. The molecule has 0 fully saturated rings. The second-order valence-corrected chi connectivity index (χ2v) is 6.79. The highest BCUT2D eigenvalue weighted by Crippen LogP contribution is 2.23. The van der Waals surface area contributed by atoms with Crippen LogP contribution in [0.25, 0.3) is 0 Å². The average molecular weight is 359 g/mol. The summed E-state index contributed by atoms with van der Waals surface area (Å²) in [6, 6.07) is 25.7. The van der Waals surface area contributed by atoms with Gasteiger partial charge in [0.05, 0.1) is 6.04 Å². The Hall–Kier alpha value is -3.07. The van der Waals surface area contributed by atoms with Crippen LogP contribution >= 0.6 is 0 Å². The maximum atomic E-state index is 12.9. The van der Waals surface area contributed by atoms with Gasteiger partial charge in [-0.25, -0.2) is 0 Å². The number of benzene rings is 3. The molecule has 0 unspecified atom stereocenters. The van der Waals surface area contributed by atoms with Crippen LogP contribution in [0.15, 0.2) is 78.9 Å². The van der Waals surface area contributed by atoms with E-state index < -0.39 is 6.10 Å². The van der Waals surface area contributed by atoms with Crippen LogP contribution in [0.4, 0.5) is 0 Å². The van der Waals surface area contributed by atoms with E-state index in [0.717, 1.165) is 28.0 Å². The van der Waals surface area contributed by atoms with Crippen LogP contribution < -0.4 is 10.1 Å². The van der Waals surface area contributed by atoms with Crippen molar-refractivity contribution in [1.82, 2.24) is 5.32 Å². The van der Waals surface area contributed by atoms with E-state index in [9.17, 15) is 4.79 Å². The van der Waals surface area contributed by atoms with Crippen molar-refractivity contribution in [3.8, 4) is 5.75 Å². The lowest BCUT2D eigenvalue weighted by atomic mass is 9.98. The zero-order valence-corrected chi connectivity index (χ0v) is 16.0. The fourth-order valence-corrected chi connectivity index (χ4v) is 2.99. The van der Waals surface area contributed by atoms with E-state index in [1.54, 1.807) is 6.92 Å². The van der Waals surface area contributed by atoms with E-state index in [1.807, 2.05) is 92.7 Å². The molecule has 1 atom stereocenters. The molecule has 1 amide bonds. The molecular formula is C24H25NO2. The first-order chi connectivity index (χ1) is 13.0. The van der Waals surface area contributed by atoms with Crippen LogP contribution in [0.1, 0.15) is 35.2 Å². The summed E-state index contributed by atoms with van der Waals surface area (Å²) in [6.07, 6.45) is -0.597. The molecular weight excluding hydrogens is 334 g/mol. The van der Waals surface area contributed by atoms with Crippen molar-refractivity contribution in [2.45, 2.75) is 32.9 Å². The smallest absolute Gasteiger partial charge is 0.261 e. The third-order valence-electron chi connectivity index (χ3n) is 4.57. The van der Waals surface area contributed by atoms with E-state index in [1.165, 1.54) is 0 Å². The normalized spacial score (nSPS) is 11.9. The lowest BCUT2D eigenvalue weighted by Gasteiger charge is -2.23. The topological polar surface area (TPSA) is 38.3 Å². The maximum absolute atomic E-state index is 12.9. The van der Waals surface area contributed by atoms with Crippen molar-refractivity contribution in [2.75, 3.05) is 0 Å². The highest BCUT2D eigenvalue weighted by Gasteiger charge is 2.22. The zero-order chi connectivity index (χ0) is 19.2. The van der Waals surface area contributed by atoms with Crippen molar-refractivity contribution in [2.24, 2.45) is 0 Å². The largest absolute Gasteiger partial charge is 0.481 e. The van der Waals surface area contributed by atoms with Crippen LogP contribution in [-0.2, 0) is 4.79 Å². The van der Waals surface area contributed by atoms with E-state index in [2.05, 4.69) is 5.32 Å². The Labute approximate surface area is 161 Å². The summed E-state index contributed by atoms with van der Waals surface area (Å²) >= 11 is 0. The van der Waals surface area contributed by atoms with Crippen LogP contribution in [0.5, 0.6) is 5.75 Å². The quantitative estimate of drug-likeness (QED) is 0.674. The van der Waals surface area contributed by atoms with Gasteiger partial charge in [-0.1, -0.05) is 72.8 Å². The third kappa shape index (κ3) is 4.76. The Kier molecular flexibility index (Phi) is 5.92. The minimum atomic E-state index is -0.597. The first kappa shape index (κ1) is 18.7. The molecule has 0 aromatic heterocycles. The second-order valence-electron chi connectivity index (χ2n) is 6.79. The summed E-state index contributed by atoms with van der Waals surface area (Å²) in [6.45, 7) is 5.78. The summed E-state index contributed by atoms with van der Waals surface area (Å²) < 4.78 is 5.95. The first-order valence-corrected chi connectivity index (χ1v) is 9.19. The van der Waals surface area contributed by atoms with Crippen LogP contribution in [0.3, 0.4) is 0 Å². The number of aryl methyl sites for hydroxylation is 2. The molecule has 0 saturated carbocycles. The molecule has 0 bridgehead atoms. The number of ether oxygens (including phenoxy) is 1. The number of carbonyl (C=O) groups excluding carboxylic acids is 1. The average Bonchev–Trinajstić information content (AvgIpc) is 2.70. The molecule has 0 spiro atoms. The van der Waals surface area contributed by atoms with Gasteiger partial charge in [0.1, 0.15) is 5.75 Å². The van der Waals surface area contributed by atoms with Gasteiger partial charge in [-0.3, -0.25) is 4.79 Å². The molecule has 138 valence electrons. The predicted molar refractivity (Wildman–Crippen MR) is 109 cm³/mol. The third-order valence-corrected chi connectivity index (χ3v) is 4.57. The molecule has 3 aromatic carbocycles. The number of nitrogens with one attached hydrogen (secondary N) is 1. The standard InChI is InChI=1S/C24H25NO2/c1-17-14-15-18(2)22(16-17)27-19(3)24(26)25-23(20-10-6-4-7-11-20)21-12-8-5-9-13-21/h4-16,19,23H,1-3H3,(H,25,26)/t19-/m0/s1. The molecule has 3 heteroatoms. The Balaban J connectivity index is 1.79. The van der Waals surface area contributed by atoms with Crippen molar-refractivity contribution >= 4 is 5.91 Å². The lowest BCUT2D eigenvalue weighted by molar-refractivity contribution is -0.127. The van der Waals surface area contributed by atoms with Crippen LogP contribution in [0.2, 0.25) is 0 Å². The van der Waals surface area contributed by atoms with Gasteiger partial charge in [-0.15, -0.1) is 0 Å². The Morgan fingerprint density at radius 1 is 0.852 bits per heavy atom. The van der Waals surface area contributed by atoms with Crippen molar-refractivity contribution < 1.29 is 9.53 Å². The Morgan fingerprint density at radius 3 is 1.96 bits per heavy atom. The van der Waals surface area contributed by atoms with E-state index in [-0.39, 0.29) is 11.9 Å². The second kappa shape index (κ2) is 8.54. The number of carbonyl (C=O) groups is 1. The monoisotopic (exact) mass is 359 g/mol. The molecule has 3 rings (SSSR count). The van der Waals surface area contributed by atoms with Crippen LogP contribution in [-0.4, -0.2) is 12.0 Å². The van der Waals surface area contributed by atoms with E-state index >= 15 is 0 Å². The summed E-state index contributed by atoms with van der Waals surface area (Å²) in [5.41, 5.74) is 4.20. The molecule has 0 aliphatic carbocycles. The highest BCUT2D eigenvalue weighted by atomic mass is 16.5. The summed E-state index contributed by atoms with van der Waals surface area (Å²) in [7, 11) is 0. The number of rotatable bonds is 6. The van der Waals surface area contributed by atoms with Gasteiger partial charge >= 0.3 is 0 Å². The molecule has 0 radical (unpaired) electrons. The highest BCUT2D eigenvalue weighted by molar-refractivity contribution is 5.81. The van der Waals surface area contributed by atoms with Gasteiger partial charge in [-0.2, -0.15) is 0 Å². The van der Waals surface area contributed by atoms with E-state index in [4.69, 9.17) is 4.74 Å². The minimum Gasteiger partial charge on any atom is -0.481 e. The number of hydrogen-bond donors (Lipinski definition) is 1. The molecule has 3 aromatic rings. The minimum absolute atomic E-state index is 0.145. The molecule has 27 heavy (non-hydrogen) atoms. The molecule has 0 heterocycles. The van der Waals surface area contributed by atoms with Crippen LogP contribution in [0, 0.1) is 13.8 Å². The molecule has 1 N–H and O–H groups in total. The van der Waals surface area contributed by atoms with Crippen molar-refractivity contribution in [1.29, 1.82) is 0 Å². The Morgan fingerprint density at radius 2 is 1.41 bits per heavy atom. The van der Waals surface area contributed by atoms with Gasteiger partial charge in [0, 0.05) is 0 Å². The predicted octanol–water partition coefficient (Wildman–Crippen LogP) is 4.98. The van der Waals surface area contributed by atoms with Gasteiger partial charge in [0.15, 0.2) is 6.10 Å². The molecule has 3 nitrogen and oxygen atoms in total. The Bertz CT molecular complexity index is 851. The maximum Gasteiger partial charge on any atom is 0.261 e. The van der Waals surface area contributed by atoms with Gasteiger partial charge in [-0.05, 0) is 49.1 Å². The fourth-order valence-electron chi connectivity index (χ4n) is 2.99. The van der Waals surface area contributed by atoms with E-state index in [0.29, 0.717) is 0 Å². The SMILES string of the molecule is Cc1ccc(C)c(O[C@@H](C)C(=O)NC(c2ccccc2)c2ccccc2)c1. The number of hydrogen-bond acceptors (Lipinski definition) is 2. The first-order valence-electron chi connectivity index (χ1n) is 9.19. The molecule has 0 saturated heterocycles. The molecule has 0 aliphatic rings. The zero-order valence-electron chi connectivity index (χ0n) is 16.0. The summed E-state index contributed by atoms with van der Waals surface area (Å²) in [4.78, 5) is 12.9. The lowest BCUT2D eigenvalue weighted by Crippen LogP contribution is -2.39. The summed E-state index contributed by atoms with van der Waals surface area (Å²) in [5, 5.41) is 3.14. The molecule has 0 aliphatic heterocycles. The fraction of sp³-hybridized carbons (Fsp3) is 0.208. The van der Waals surface area contributed by atoms with Gasteiger partial charge < -0.3 is 10.1 Å². The number of amides is 1.